The van der Waals surface area contributed by atoms with Crippen LogP contribution in [0.5, 0.6) is 0 Å². The Balaban J connectivity index is 2.13. The fourth-order valence-electron chi connectivity index (χ4n) is 3.75. The molecule has 1 aliphatic carbocycles. The third-order valence-electron chi connectivity index (χ3n) is 5.19. The van der Waals surface area contributed by atoms with Crippen LogP contribution >= 0.6 is 0 Å². The number of amides is 2. The number of carbonyl (C=O) groups is 3. The van der Waals surface area contributed by atoms with E-state index >= 15 is 0 Å². The topological polar surface area (TPSA) is 100.0 Å². The Morgan fingerprint density at radius 1 is 0.971 bits per heavy atom. The molecule has 0 aliphatic heterocycles. The van der Waals surface area contributed by atoms with E-state index in [2.05, 4.69) is 4.98 Å². The summed E-state index contributed by atoms with van der Waals surface area (Å²) < 4.78 is 18.4. The molecule has 0 saturated heterocycles. The number of rotatable bonds is 6. The Morgan fingerprint density at radius 3 is 1.88 bits per heavy atom. The second-order valence-electron chi connectivity index (χ2n) is 12.1. The first-order chi connectivity index (χ1) is 15.3. The largest absolute Gasteiger partial charge is 0.459 e. The van der Waals surface area contributed by atoms with Crippen LogP contribution in [-0.4, -0.2) is 56.0 Å². The van der Waals surface area contributed by atoms with Crippen LogP contribution in [0.1, 0.15) is 87.3 Å². The van der Waals surface area contributed by atoms with Gasteiger partial charge in [0.2, 0.25) is 0 Å². The number of ether oxygens (including phenoxy) is 3. The van der Waals surface area contributed by atoms with Gasteiger partial charge in [-0.05, 0) is 87.5 Å². The fraction of sp³-hybridized carbons (Fsp3) is 0.760. The summed E-state index contributed by atoms with van der Waals surface area (Å²) in [5.74, 6) is -0.295. The van der Waals surface area contributed by atoms with Gasteiger partial charge in [0.1, 0.15) is 22.2 Å². The smallest absolute Gasteiger partial charge is 0.419 e. The van der Waals surface area contributed by atoms with Gasteiger partial charge in [-0.3, -0.25) is 4.79 Å². The molecule has 2 atom stereocenters. The van der Waals surface area contributed by atoms with Crippen molar-refractivity contribution in [2.45, 2.75) is 104 Å². The summed E-state index contributed by atoms with van der Waals surface area (Å²) in [4.78, 5) is 44.0. The van der Waals surface area contributed by atoms with Crippen LogP contribution in [0.15, 0.2) is 12.5 Å². The molecule has 1 aromatic heterocycles. The summed E-state index contributed by atoms with van der Waals surface area (Å²) in [6.45, 7) is 16.1. The third kappa shape index (κ3) is 7.46. The van der Waals surface area contributed by atoms with Gasteiger partial charge in [-0.1, -0.05) is 0 Å². The molecule has 1 fully saturated rings. The summed E-state index contributed by atoms with van der Waals surface area (Å²) in [6, 6.07) is 0. The molecule has 9 heteroatoms. The van der Waals surface area contributed by atoms with Gasteiger partial charge >= 0.3 is 18.2 Å². The number of hydrogen-bond donors (Lipinski definition) is 0. The van der Waals surface area contributed by atoms with Gasteiger partial charge in [-0.2, -0.15) is 0 Å². The van der Waals surface area contributed by atoms with Gasteiger partial charge in [-0.25, -0.2) is 19.5 Å². The Labute approximate surface area is 203 Å². The maximum absolute atomic E-state index is 13.2. The minimum atomic E-state index is -0.808. The summed E-state index contributed by atoms with van der Waals surface area (Å²) >= 11 is 0. The van der Waals surface area contributed by atoms with Crippen molar-refractivity contribution < 1.29 is 28.6 Å². The first-order valence-electron chi connectivity index (χ1n) is 11.8. The summed E-state index contributed by atoms with van der Waals surface area (Å²) in [5.41, 5.74) is -2.24. The number of aromatic nitrogens is 2. The predicted molar refractivity (Wildman–Crippen MR) is 127 cm³/mol. The number of esters is 1. The van der Waals surface area contributed by atoms with Gasteiger partial charge in [-0.15, -0.1) is 0 Å². The van der Waals surface area contributed by atoms with E-state index in [9.17, 15) is 14.4 Å². The lowest BCUT2D eigenvalue weighted by molar-refractivity contribution is -0.158. The Hall–Kier alpha value is -2.58. The minimum absolute atomic E-state index is 0.00336. The number of nitrogens with zero attached hydrogens (tertiary/aromatic N) is 3. The van der Waals surface area contributed by atoms with Crippen LogP contribution in [0, 0.1) is 5.92 Å². The first kappa shape index (κ1) is 27.7. The average molecular weight is 480 g/mol. The number of aryl methyl sites for hydroxylation is 1. The van der Waals surface area contributed by atoms with Crippen LogP contribution in [-0.2, 0) is 31.5 Å². The molecule has 1 aliphatic rings. The molecule has 2 amide bonds. The van der Waals surface area contributed by atoms with Crippen LogP contribution in [0.4, 0.5) is 9.59 Å². The van der Waals surface area contributed by atoms with E-state index in [-0.39, 0.29) is 18.4 Å². The lowest BCUT2D eigenvalue weighted by Gasteiger charge is -2.28. The highest BCUT2D eigenvalue weighted by molar-refractivity contribution is 5.88. The molecular formula is C25H41N3O6. The van der Waals surface area contributed by atoms with Crippen molar-refractivity contribution in [2.75, 3.05) is 6.54 Å². The fourth-order valence-corrected chi connectivity index (χ4v) is 3.75. The van der Waals surface area contributed by atoms with Crippen LogP contribution in [0.3, 0.4) is 0 Å². The SMILES string of the molecule is Cn1cnc(C2(C(=O)OC(C)(C)C)CC2CCCN(C(=O)OC(C)(C)C)C(=O)OC(C)(C)C)c1. The Morgan fingerprint density at radius 2 is 1.47 bits per heavy atom. The molecule has 192 valence electrons. The molecule has 9 nitrogen and oxygen atoms in total. The van der Waals surface area contributed by atoms with Crippen molar-refractivity contribution in [3.8, 4) is 0 Å². The molecule has 34 heavy (non-hydrogen) atoms. The molecule has 1 saturated carbocycles. The molecule has 2 unspecified atom stereocenters. The van der Waals surface area contributed by atoms with Crippen molar-refractivity contribution in [3.63, 3.8) is 0 Å². The van der Waals surface area contributed by atoms with Crippen molar-refractivity contribution >= 4 is 18.2 Å². The quantitative estimate of drug-likeness (QED) is 0.419. The van der Waals surface area contributed by atoms with Gasteiger partial charge in [0.15, 0.2) is 0 Å². The molecular weight excluding hydrogens is 438 g/mol. The van der Waals surface area contributed by atoms with Crippen molar-refractivity contribution in [1.82, 2.24) is 14.5 Å². The van der Waals surface area contributed by atoms with Crippen molar-refractivity contribution in [1.29, 1.82) is 0 Å². The highest BCUT2D eigenvalue weighted by Gasteiger charge is 2.63. The molecule has 0 radical (unpaired) electrons. The summed E-state index contributed by atoms with van der Waals surface area (Å²) in [5, 5.41) is 0. The van der Waals surface area contributed by atoms with E-state index < -0.39 is 34.4 Å². The lowest BCUT2D eigenvalue weighted by Crippen LogP contribution is -2.44. The average Bonchev–Trinajstić information content (AvgIpc) is 3.18. The standard InChI is InChI=1S/C25H41N3O6/c1-22(2,3)32-19(29)25(18-15-27(10)16-26-18)14-17(25)12-11-13-28(20(30)33-23(4,5)6)21(31)34-24(7,8)9/h15-17H,11-14H2,1-10H3. The second kappa shape index (κ2) is 9.58. The normalized spacial score (nSPS) is 20.5. The molecule has 0 spiro atoms. The number of imidazole rings is 1. The highest BCUT2D eigenvalue weighted by atomic mass is 16.6. The zero-order chi connectivity index (χ0) is 26.1. The zero-order valence-corrected chi connectivity index (χ0v) is 22.4. The van der Waals surface area contributed by atoms with E-state index in [0.29, 0.717) is 25.0 Å². The van der Waals surface area contributed by atoms with E-state index in [1.165, 1.54) is 0 Å². The monoisotopic (exact) mass is 479 g/mol. The molecule has 0 aromatic carbocycles. The zero-order valence-electron chi connectivity index (χ0n) is 22.4. The predicted octanol–water partition coefficient (Wildman–Crippen LogP) is 4.97. The maximum atomic E-state index is 13.2. The van der Waals surface area contributed by atoms with Crippen LogP contribution in [0.2, 0.25) is 0 Å². The molecule has 2 rings (SSSR count). The summed E-state index contributed by atoms with van der Waals surface area (Å²) in [6.07, 6.45) is 3.72. The summed E-state index contributed by atoms with van der Waals surface area (Å²) in [7, 11) is 1.86. The van der Waals surface area contributed by atoms with E-state index in [1.54, 1.807) is 47.9 Å². The number of imide groups is 1. The Bertz CT molecular complexity index is 875. The lowest BCUT2D eigenvalue weighted by atomic mass is 9.97. The number of hydrogen-bond acceptors (Lipinski definition) is 7. The van der Waals surface area contributed by atoms with Gasteiger partial charge < -0.3 is 18.8 Å². The number of carbonyl (C=O) groups excluding carboxylic acids is 3. The van der Waals surface area contributed by atoms with Crippen LogP contribution < -0.4 is 0 Å². The van der Waals surface area contributed by atoms with Gasteiger partial charge in [0.25, 0.3) is 0 Å². The van der Waals surface area contributed by atoms with Crippen molar-refractivity contribution in [2.24, 2.45) is 13.0 Å². The van der Waals surface area contributed by atoms with E-state index in [0.717, 1.165) is 4.90 Å². The van der Waals surface area contributed by atoms with E-state index in [4.69, 9.17) is 14.2 Å². The first-order valence-corrected chi connectivity index (χ1v) is 11.8. The molecule has 0 bridgehead atoms. The minimum Gasteiger partial charge on any atom is -0.459 e. The molecule has 1 heterocycles. The molecule has 1 aromatic rings. The van der Waals surface area contributed by atoms with Crippen molar-refractivity contribution in [3.05, 3.63) is 18.2 Å². The van der Waals surface area contributed by atoms with Gasteiger partial charge in [0.05, 0.1) is 12.0 Å². The maximum Gasteiger partial charge on any atom is 0.419 e. The van der Waals surface area contributed by atoms with Gasteiger partial charge in [0, 0.05) is 19.8 Å². The highest BCUT2D eigenvalue weighted by Crippen LogP contribution is 2.57. The Kier molecular flexibility index (Phi) is 7.80. The molecule has 0 N–H and O–H groups in total. The van der Waals surface area contributed by atoms with Crippen LogP contribution in [0.25, 0.3) is 0 Å². The second-order valence-corrected chi connectivity index (χ2v) is 12.1. The third-order valence-corrected chi connectivity index (χ3v) is 5.19. The van der Waals surface area contributed by atoms with E-state index in [1.807, 2.05) is 38.6 Å².